The number of hydrogen-bond donors (Lipinski definition) is 1. The first-order valence-corrected chi connectivity index (χ1v) is 7.40. The minimum atomic E-state index is -0.702. The van der Waals surface area contributed by atoms with Gasteiger partial charge in [-0.3, -0.25) is 9.69 Å². The van der Waals surface area contributed by atoms with E-state index >= 15 is 0 Å². The number of carbonyl (C=O) groups is 1. The molecule has 0 bridgehead atoms. The molecular formula is C14H26N2O2. The monoisotopic (exact) mass is 254 g/mol. The van der Waals surface area contributed by atoms with E-state index in [1.807, 2.05) is 4.90 Å². The summed E-state index contributed by atoms with van der Waals surface area (Å²) in [6.07, 6.45) is 8.45. The summed E-state index contributed by atoms with van der Waals surface area (Å²) >= 11 is 0. The first-order valence-electron chi connectivity index (χ1n) is 7.40. The fourth-order valence-corrected chi connectivity index (χ4v) is 3.23. The average molecular weight is 254 g/mol. The molecule has 1 aliphatic carbocycles. The molecule has 2 rings (SSSR count). The summed E-state index contributed by atoms with van der Waals surface area (Å²) in [6, 6.07) is 0. The van der Waals surface area contributed by atoms with Crippen LogP contribution >= 0.6 is 0 Å². The molecule has 1 N–H and O–H groups in total. The van der Waals surface area contributed by atoms with Crippen molar-refractivity contribution in [3.05, 3.63) is 0 Å². The molecule has 1 saturated heterocycles. The third-order valence-corrected chi connectivity index (χ3v) is 4.31. The lowest BCUT2D eigenvalue weighted by Crippen LogP contribution is -2.49. The Morgan fingerprint density at radius 1 is 0.944 bits per heavy atom. The van der Waals surface area contributed by atoms with Gasteiger partial charge in [0.2, 0.25) is 0 Å². The van der Waals surface area contributed by atoms with Gasteiger partial charge in [-0.1, -0.05) is 25.7 Å². The fraction of sp³-hybridized carbons (Fsp3) is 0.929. The van der Waals surface area contributed by atoms with Crippen molar-refractivity contribution in [2.45, 2.75) is 38.5 Å². The fourth-order valence-electron chi connectivity index (χ4n) is 3.23. The van der Waals surface area contributed by atoms with Crippen LogP contribution in [0.15, 0.2) is 0 Å². The third kappa shape index (κ3) is 4.58. The Bertz CT molecular complexity index is 255. The maximum atomic E-state index is 10.6. The summed E-state index contributed by atoms with van der Waals surface area (Å²) in [5.41, 5.74) is 0. The molecule has 0 radical (unpaired) electrons. The second-order valence-electron chi connectivity index (χ2n) is 5.83. The van der Waals surface area contributed by atoms with Crippen LogP contribution < -0.4 is 0 Å². The van der Waals surface area contributed by atoms with Crippen molar-refractivity contribution in [1.82, 2.24) is 9.80 Å². The van der Waals surface area contributed by atoms with E-state index in [1.165, 1.54) is 45.1 Å². The van der Waals surface area contributed by atoms with Gasteiger partial charge >= 0.3 is 5.97 Å². The number of nitrogens with zero attached hydrogens (tertiary/aromatic N) is 2. The summed E-state index contributed by atoms with van der Waals surface area (Å²) in [7, 11) is 0. The van der Waals surface area contributed by atoms with Gasteiger partial charge in [0.05, 0.1) is 6.54 Å². The van der Waals surface area contributed by atoms with Crippen LogP contribution in [0.3, 0.4) is 0 Å². The molecule has 0 aromatic carbocycles. The summed E-state index contributed by atoms with van der Waals surface area (Å²) in [6.45, 7) is 5.36. The van der Waals surface area contributed by atoms with Crippen LogP contribution in [0.4, 0.5) is 0 Å². The van der Waals surface area contributed by atoms with Crippen LogP contribution in [0.25, 0.3) is 0 Å². The Hall–Kier alpha value is -0.610. The molecule has 104 valence electrons. The average Bonchev–Trinajstić information content (AvgIpc) is 2.60. The Labute approximate surface area is 110 Å². The van der Waals surface area contributed by atoms with E-state index in [1.54, 1.807) is 0 Å². The molecule has 2 fully saturated rings. The summed E-state index contributed by atoms with van der Waals surface area (Å²) in [4.78, 5) is 15.2. The van der Waals surface area contributed by atoms with Gasteiger partial charge in [0, 0.05) is 32.7 Å². The van der Waals surface area contributed by atoms with Gasteiger partial charge in [0.1, 0.15) is 0 Å². The lowest BCUT2D eigenvalue weighted by molar-refractivity contribution is -0.138. The first-order chi connectivity index (χ1) is 8.74. The molecule has 0 spiro atoms. The molecule has 4 heteroatoms. The van der Waals surface area contributed by atoms with Gasteiger partial charge in [-0.2, -0.15) is 0 Å². The molecule has 1 aliphatic heterocycles. The highest BCUT2D eigenvalue weighted by Crippen LogP contribution is 2.23. The van der Waals surface area contributed by atoms with Crippen LogP contribution in [0.1, 0.15) is 38.5 Å². The summed E-state index contributed by atoms with van der Waals surface area (Å²) in [5.74, 6) is 0.186. The number of carboxylic acids is 1. The molecule has 1 saturated carbocycles. The molecule has 4 nitrogen and oxygen atoms in total. The van der Waals surface area contributed by atoms with E-state index in [2.05, 4.69) is 4.90 Å². The quantitative estimate of drug-likeness (QED) is 0.775. The van der Waals surface area contributed by atoms with Gasteiger partial charge in [-0.25, -0.2) is 0 Å². The Morgan fingerprint density at radius 3 is 2.06 bits per heavy atom. The van der Waals surface area contributed by atoms with Gasteiger partial charge < -0.3 is 10.0 Å². The zero-order valence-corrected chi connectivity index (χ0v) is 11.3. The standard InChI is InChI=1S/C14H26N2O2/c17-14(18)12-16-9-7-15(8-10-16)11-13-5-3-1-2-4-6-13/h13H,1-12H2,(H,17,18). The molecule has 0 unspecified atom stereocenters. The lowest BCUT2D eigenvalue weighted by Gasteiger charge is -2.35. The van der Waals surface area contributed by atoms with Crippen molar-refractivity contribution >= 4 is 5.97 Å². The molecule has 0 atom stereocenters. The van der Waals surface area contributed by atoms with Crippen molar-refractivity contribution in [3.8, 4) is 0 Å². The normalized spacial score (nSPS) is 24.9. The van der Waals surface area contributed by atoms with Gasteiger partial charge in [0.25, 0.3) is 0 Å². The second kappa shape index (κ2) is 7.10. The zero-order valence-electron chi connectivity index (χ0n) is 11.3. The molecule has 1 heterocycles. The Morgan fingerprint density at radius 2 is 1.50 bits per heavy atom. The Balaban J connectivity index is 1.67. The van der Waals surface area contributed by atoms with E-state index < -0.39 is 5.97 Å². The third-order valence-electron chi connectivity index (χ3n) is 4.31. The minimum absolute atomic E-state index is 0.206. The van der Waals surface area contributed by atoms with Crippen LogP contribution in [0.2, 0.25) is 0 Å². The highest BCUT2D eigenvalue weighted by atomic mass is 16.4. The number of piperazine rings is 1. The lowest BCUT2D eigenvalue weighted by atomic mass is 9.99. The number of carboxylic acid groups (broad SMARTS) is 1. The van der Waals surface area contributed by atoms with Crippen LogP contribution in [-0.4, -0.2) is 60.1 Å². The molecule has 18 heavy (non-hydrogen) atoms. The molecule has 0 aromatic rings. The van der Waals surface area contributed by atoms with Crippen LogP contribution in [-0.2, 0) is 4.79 Å². The molecule has 2 aliphatic rings. The van der Waals surface area contributed by atoms with Gasteiger partial charge in [0.15, 0.2) is 0 Å². The predicted molar refractivity (Wildman–Crippen MR) is 71.7 cm³/mol. The van der Waals surface area contributed by atoms with Crippen LogP contribution in [0, 0.1) is 5.92 Å². The second-order valence-corrected chi connectivity index (χ2v) is 5.83. The SMILES string of the molecule is O=C(O)CN1CCN(CC2CCCCCC2)CC1. The zero-order chi connectivity index (χ0) is 12.8. The van der Waals surface area contributed by atoms with E-state index in [4.69, 9.17) is 5.11 Å². The number of aliphatic carboxylic acids is 1. The highest BCUT2D eigenvalue weighted by molar-refractivity contribution is 5.69. The minimum Gasteiger partial charge on any atom is -0.480 e. The van der Waals surface area contributed by atoms with Gasteiger partial charge in [-0.15, -0.1) is 0 Å². The maximum Gasteiger partial charge on any atom is 0.317 e. The number of hydrogen-bond acceptors (Lipinski definition) is 3. The van der Waals surface area contributed by atoms with E-state index in [0.29, 0.717) is 0 Å². The van der Waals surface area contributed by atoms with Crippen LogP contribution in [0.5, 0.6) is 0 Å². The maximum absolute atomic E-state index is 10.6. The highest BCUT2D eigenvalue weighted by Gasteiger charge is 2.21. The topological polar surface area (TPSA) is 43.8 Å². The van der Waals surface area contributed by atoms with Gasteiger partial charge in [-0.05, 0) is 18.8 Å². The molecule has 0 amide bonds. The summed E-state index contributed by atoms with van der Waals surface area (Å²) in [5, 5.41) is 8.77. The summed E-state index contributed by atoms with van der Waals surface area (Å²) < 4.78 is 0. The van der Waals surface area contributed by atoms with E-state index in [0.717, 1.165) is 32.1 Å². The van der Waals surface area contributed by atoms with E-state index in [-0.39, 0.29) is 6.54 Å². The van der Waals surface area contributed by atoms with Crippen molar-refractivity contribution in [2.75, 3.05) is 39.3 Å². The Kier molecular flexibility index (Phi) is 5.45. The van der Waals surface area contributed by atoms with E-state index in [9.17, 15) is 4.79 Å². The number of rotatable bonds is 4. The smallest absolute Gasteiger partial charge is 0.317 e. The molecule has 0 aromatic heterocycles. The van der Waals surface area contributed by atoms with Crippen molar-refractivity contribution in [1.29, 1.82) is 0 Å². The van der Waals surface area contributed by atoms with Crippen molar-refractivity contribution < 1.29 is 9.90 Å². The van der Waals surface area contributed by atoms with Crippen molar-refractivity contribution in [2.24, 2.45) is 5.92 Å². The largest absolute Gasteiger partial charge is 0.480 e. The first kappa shape index (κ1) is 13.8. The molecular weight excluding hydrogens is 228 g/mol. The predicted octanol–water partition coefficient (Wildman–Crippen LogP) is 1.66. The van der Waals surface area contributed by atoms with Crippen molar-refractivity contribution in [3.63, 3.8) is 0 Å².